The molecule has 0 unspecified atom stereocenters. The molecular weight excluding hydrogens is 256 g/mol. The van der Waals surface area contributed by atoms with Crippen LogP contribution in [-0.4, -0.2) is 50.6 Å². The molecule has 6 nitrogen and oxygen atoms in total. The van der Waals surface area contributed by atoms with Crippen molar-refractivity contribution in [2.24, 2.45) is 0 Å². The summed E-state index contributed by atoms with van der Waals surface area (Å²) >= 11 is 0. The van der Waals surface area contributed by atoms with E-state index in [2.05, 4.69) is 29.1 Å². The van der Waals surface area contributed by atoms with Crippen LogP contribution in [0.1, 0.15) is 30.6 Å². The number of fused-ring (bicyclic) bond motifs is 1. The maximum atomic E-state index is 10.9. The van der Waals surface area contributed by atoms with Crippen LogP contribution in [0.3, 0.4) is 0 Å². The number of hydrogen-bond donors (Lipinski definition) is 1. The number of benzene rings is 1. The molecule has 0 radical (unpaired) electrons. The molecule has 0 atom stereocenters. The molecule has 6 heteroatoms. The molecule has 0 aliphatic rings. The topological polar surface area (TPSA) is 71.2 Å². The van der Waals surface area contributed by atoms with E-state index in [1.165, 1.54) is 0 Å². The summed E-state index contributed by atoms with van der Waals surface area (Å²) in [6.07, 6.45) is 1.13. The summed E-state index contributed by atoms with van der Waals surface area (Å²) in [5, 5.41) is 17.1. The molecule has 1 aromatic carbocycles. The molecule has 0 aliphatic heterocycles. The third-order valence-electron chi connectivity index (χ3n) is 3.38. The molecular formula is C14H20N4O2. The lowest BCUT2D eigenvalue weighted by molar-refractivity contribution is 0.0697. The van der Waals surface area contributed by atoms with Gasteiger partial charge in [0.05, 0.1) is 17.6 Å². The van der Waals surface area contributed by atoms with E-state index in [-0.39, 0.29) is 5.56 Å². The summed E-state index contributed by atoms with van der Waals surface area (Å²) in [5.74, 6) is -0.943. The first-order chi connectivity index (χ1) is 9.65. The van der Waals surface area contributed by atoms with Gasteiger partial charge in [-0.3, -0.25) is 0 Å². The lowest BCUT2D eigenvalue weighted by Gasteiger charge is -2.19. The highest BCUT2D eigenvalue weighted by Crippen LogP contribution is 2.13. The van der Waals surface area contributed by atoms with Gasteiger partial charge in [-0.15, -0.1) is 5.10 Å². The van der Waals surface area contributed by atoms with Gasteiger partial charge in [0.15, 0.2) is 0 Å². The van der Waals surface area contributed by atoms with E-state index >= 15 is 0 Å². The number of aromatic nitrogens is 3. The Hall–Kier alpha value is -1.95. The maximum absolute atomic E-state index is 10.9. The molecule has 1 heterocycles. The number of carbonyl (C=O) groups is 1. The molecule has 20 heavy (non-hydrogen) atoms. The molecule has 0 fully saturated rings. The minimum Gasteiger partial charge on any atom is -0.478 e. The Labute approximate surface area is 118 Å². The third kappa shape index (κ3) is 3.14. The summed E-state index contributed by atoms with van der Waals surface area (Å²) < 4.78 is 1.83. The summed E-state index contributed by atoms with van der Waals surface area (Å²) in [7, 11) is 0. The van der Waals surface area contributed by atoms with Crippen molar-refractivity contribution in [1.29, 1.82) is 0 Å². The van der Waals surface area contributed by atoms with Crippen molar-refractivity contribution in [2.75, 3.05) is 19.6 Å². The quantitative estimate of drug-likeness (QED) is 0.835. The zero-order chi connectivity index (χ0) is 14.5. The largest absolute Gasteiger partial charge is 0.478 e. The third-order valence-corrected chi connectivity index (χ3v) is 3.38. The fraction of sp³-hybridized carbons (Fsp3) is 0.500. The summed E-state index contributed by atoms with van der Waals surface area (Å²) in [5.41, 5.74) is 1.75. The van der Waals surface area contributed by atoms with Crippen molar-refractivity contribution in [3.8, 4) is 0 Å². The SMILES string of the molecule is CCCN(CC)CCn1nnc2cc(C(=O)O)ccc21. The van der Waals surface area contributed by atoms with Crippen LogP contribution < -0.4 is 0 Å². The molecule has 2 aromatic rings. The standard InChI is InChI=1S/C14H20N4O2/c1-3-7-17(4-2)8-9-18-13-6-5-11(14(19)20)10-12(13)15-16-18/h5-6,10H,3-4,7-9H2,1-2H3,(H,19,20). The van der Waals surface area contributed by atoms with E-state index in [1.54, 1.807) is 18.2 Å². The molecule has 0 aliphatic carbocycles. The highest BCUT2D eigenvalue weighted by atomic mass is 16.4. The van der Waals surface area contributed by atoms with Gasteiger partial charge in [-0.1, -0.05) is 19.1 Å². The Morgan fingerprint density at radius 2 is 2.15 bits per heavy atom. The molecule has 0 saturated heterocycles. The first-order valence-electron chi connectivity index (χ1n) is 6.94. The number of likely N-dealkylation sites (N-methyl/N-ethyl adjacent to an activating group) is 1. The Bertz CT molecular complexity index is 594. The van der Waals surface area contributed by atoms with Crippen LogP contribution in [0.15, 0.2) is 18.2 Å². The second-order valence-corrected chi connectivity index (χ2v) is 4.76. The van der Waals surface area contributed by atoms with E-state index < -0.39 is 5.97 Å². The van der Waals surface area contributed by atoms with Crippen LogP contribution in [0.2, 0.25) is 0 Å². The monoisotopic (exact) mass is 276 g/mol. The zero-order valence-corrected chi connectivity index (χ0v) is 11.9. The maximum Gasteiger partial charge on any atom is 0.335 e. The van der Waals surface area contributed by atoms with Gasteiger partial charge in [-0.05, 0) is 37.7 Å². The predicted molar refractivity (Wildman–Crippen MR) is 76.9 cm³/mol. The Kier molecular flexibility index (Phi) is 4.68. The number of carboxylic acid groups (broad SMARTS) is 1. The van der Waals surface area contributed by atoms with Crippen molar-refractivity contribution < 1.29 is 9.90 Å². The van der Waals surface area contributed by atoms with Crippen molar-refractivity contribution >= 4 is 17.0 Å². The van der Waals surface area contributed by atoms with Crippen LogP contribution in [-0.2, 0) is 6.54 Å². The highest BCUT2D eigenvalue weighted by molar-refractivity contribution is 5.92. The summed E-state index contributed by atoms with van der Waals surface area (Å²) in [4.78, 5) is 13.3. The second-order valence-electron chi connectivity index (χ2n) is 4.76. The van der Waals surface area contributed by atoms with Gasteiger partial charge < -0.3 is 10.0 Å². The van der Waals surface area contributed by atoms with E-state index in [9.17, 15) is 4.79 Å². The van der Waals surface area contributed by atoms with E-state index in [1.807, 2.05) is 4.68 Å². The van der Waals surface area contributed by atoms with Crippen molar-refractivity contribution in [2.45, 2.75) is 26.8 Å². The second kappa shape index (κ2) is 6.47. The van der Waals surface area contributed by atoms with Crippen LogP contribution in [0.5, 0.6) is 0 Å². The lowest BCUT2D eigenvalue weighted by Crippen LogP contribution is -2.28. The van der Waals surface area contributed by atoms with Crippen LogP contribution >= 0.6 is 0 Å². The minimum atomic E-state index is -0.943. The minimum absolute atomic E-state index is 0.241. The zero-order valence-electron chi connectivity index (χ0n) is 11.9. The van der Waals surface area contributed by atoms with Crippen LogP contribution in [0.25, 0.3) is 11.0 Å². The fourth-order valence-corrected chi connectivity index (χ4v) is 2.25. The Morgan fingerprint density at radius 3 is 2.80 bits per heavy atom. The number of rotatable bonds is 7. The fourth-order valence-electron chi connectivity index (χ4n) is 2.25. The predicted octanol–water partition coefficient (Wildman–Crippen LogP) is 1.86. The number of aromatic carboxylic acids is 1. The molecule has 1 N–H and O–H groups in total. The van der Waals surface area contributed by atoms with Crippen molar-refractivity contribution in [3.05, 3.63) is 23.8 Å². The van der Waals surface area contributed by atoms with Gasteiger partial charge >= 0.3 is 5.97 Å². The highest BCUT2D eigenvalue weighted by Gasteiger charge is 2.09. The van der Waals surface area contributed by atoms with Crippen molar-refractivity contribution in [3.63, 3.8) is 0 Å². The number of nitrogens with zero attached hydrogens (tertiary/aromatic N) is 4. The summed E-state index contributed by atoms with van der Waals surface area (Å²) in [6.45, 7) is 8.09. The van der Waals surface area contributed by atoms with Gasteiger partial charge in [-0.2, -0.15) is 0 Å². The summed E-state index contributed by atoms with van der Waals surface area (Å²) in [6, 6.07) is 4.92. The molecule has 108 valence electrons. The van der Waals surface area contributed by atoms with E-state index in [4.69, 9.17) is 5.11 Å². The average molecular weight is 276 g/mol. The van der Waals surface area contributed by atoms with Gasteiger partial charge in [0, 0.05) is 6.54 Å². The van der Waals surface area contributed by atoms with Gasteiger partial charge in [-0.25, -0.2) is 9.48 Å². The molecule has 0 amide bonds. The average Bonchev–Trinajstić information content (AvgIpc) is 2.85. The van der Waals surface area contributed by atoms with E-state index in [0.717, 1.165) is 38.1 Å². The van der Waals surface area contributed by atoms with Gasteiger partial charge in [0.2, 0.25) is 0 Å². The van der Waals surface area contributed by atoms with Gasteiger partial charge in [0.1, 0.15) is 5.52 Å². The first-order valence-corrected chi connectivity index (χ1v) is 6.94. The van der Waals surface area contributed by atoms with Crippen LogP contribution in [0.4, 0.5) is 0 Å². The first kappa shape index (κ1) is 14.5. The van der Waals surface area contributed by atoms with Crippen molar-refractivity contribution in [1.82, 2.24) is 19.9 Å². The molecule has 0 bridgehead atoms. The van der Waals surface area contributed by atoms with E-state index in [0.29, 0.717) is 5.52 Å². The Balaban J connectivity index is 2.13. The Morgan fingerprint density at radius 1 is 1.35 bits per heavy atom. The van der Waals surface area contributed by atoms with Gasteiger partial charge in [0.25, 0.3) is 0 Å². The molecule has 0 saturated carbocycles. The normalized spacial score (nSPS) is 11.3. The smallest absolute Gasteiger partial charge is 0.335 e. The number of hydrogen-bond acceptors (Lipinski definition) is 4. The van der Waals surface area contributed by atoms with Crippen LogP contribution in [0, 0.1) is 0 Å². The number of carboxylic acids is 1. The lowest BCUT2D eigenvalue weighted by atomic mass is 10.2. The molecule has 0 spiro atoms. The molecule has 2 rings (SSSR count). The molecule has 1 aromatic heterocycles.